The Kier molecular flexibility index (Phi) is 6.82. The van der Waals surface area contributed by atoms with Crippen LogP contribution in [0.2, 0.25) is 10.0 Å². The predicted molar refractivity (Wildman–Crippen MR) is 99.7 cm³/mol. The Morgan fingerprint density at radius 2 is 1.65 bits per heavy atom. The van der Waals surface area contributed by atoms with Crippen molar-refractivity contribution in [1.82, 2.24) is 5.32 Å². The Morgan fingerprint density at radius 1 is 0.962 bits per heavy atom. The van der Waals surface area contributed by atoms with Gasteiger partial charge in [-0.1, -0.05) is 23.2 Å². The molecule has 9 heteroatoms. The van der Waals surface area contributed by atoms with Gasteiger partial charge >= 0.3 is 11.8 Å². The van der Waals surface area contributed by atoms with E-state index in [1.54, 1.807) is 30.3 Å². The first kappa shape index (κ1) is 19.6. The number of methoxy groups -OCH3 is 1. The number of ether oxygens (including phenoxy) is 1. The van der Waals surface area contributed by atoms with Gasteiger partial charge in [0.1, 0.15) is 5.75 Å². The second-order valence-corrected chi connectivity index (χ2v) is 5.88. The minimum atomic E-state index is -0.951. The Bertz CT molecular complexity index is 825. The van der Waals surface area contributed by atoms with Crippen LogP contribution in [0.15, 0.2) is 42.5 Å². The van der Waals surface area contributed by atoms with Gasteiger partial charge in [-0.2, -0.15) is 0 Å². The molecule has 7 nitrogen and oxygen atoms in total. The molecule has 0 radical (unpaired) electrons. The minimum Gasteiger partial charge on any atom is -0.497 e. The summed E-state index contributed by atoms with van der Waals surface area (Å²) in [6, 6.07) is 11.0. The number of hydrogen-bond acceptors (Lipinski definition) is 4. The van der Waals surface area contributed by atoms with Crippen LogP contribution < -0.4 is 20.7 Å². The zero-order valence-electron chi connectivity index (χ0n) is 13.6. The quantitative estimate of drug-likeness (QED) is 0.678. The van der Waals surface area contributed by atoms with Crippen molar-refractivity contribution >= 4 is 52.3 Å². The predicted octanol–water partition coefficient (Wildman–Crippen LogP) is 2.70. The number of carbonyl (C=O) groups excluding carboxylic acids is 3. The zero-order valence-corrected chi connectivity index (χ0v) is 15.1. The van der Waals surface area contributed by atoms with E-state index < -0.39 is 24.3 Å². The highest BCUT2D eigenvalue weighted by molar-refractivity contribution is 6.40. The fraction of sp³-hybridized carbons (Fsp3) is 0.118. The van der Waals surface area contributed by atoms with E-state index in [1.807, 2.05) is 0 Å². The maximum Gasteiger partial charge on any atom is 0.313 e. The summed E-state index contributed by atoms with van der Waals surface area (Å²) >= 11 is 11.8. The highest BCUT2D eigenvalue weighted by Gasteiger charge is 2.15. The van der Waals surface area contributed by atoms with Crippen molar-refractivity contribution < 1.29 is 19.1 Å². The molecule has 0 aliphatic rings. The van der Waals surface area contributed by atoms with Crippen molar-refractivity contribution in [2.24, 2.45) is 0 Å². The summed E-state index contributed by atoms with van der Waals surface area (Å²) < 4.78 is 5.00. The summed E-state index contributed by atoms with van der Waals surface area (Å²) in [6.07, 6.45) is 0. The molecule has 0 aliphatic carbocycles. The van der Waals surface area contributed by atoms with Gasteiger partial charge in [0.05, 0.1) is 24.4 Å². The lowest BCUT2D eigenvalue weighted by atomic mass is 10.3. The van der Waals surface area contributed by atoms with E-state index >= 15 is 0 Å². The number of rotatable bonds is 5. The molecule has 0 heterocycles. The molecule has 0 spiro atoms. The van der Waals surface area contributed by atoms with Gasteiger partial charge < -0.3 is 20.7 Å². The molecule has 0 aliphatic heterocycles. The van der Waals surface area contributed by atoms with Crippen LogP contribution in [0.4, 0.5) is 11.4 Å². The van der Waals surface area contributed by atoms with Gasteiger partial charge in [0.15, 0.2) is 0 Å². The molecule has 0 aromatic heterocycles. The SMILES string of the molecule is COc1ccc(NC(=O)C(=O)NCC(=O)Nc2cc(Cl)ccc2Cl)cc1. The van der Waals surface area contributed by atoms with E-state index in [-0.39, 0.29) is 0 Å². The van der Waals surface area contributed by atoms with Crippen LogP contribution in [0.25, 0.3) is 0 Å². The van der Waals surface area contributed by atoms with Gasteiger partial charge in [-0.15, -0.1) is 0 Å². The highest BCUT2D eigenvalue weighted by Crippen LogP contribution is 2.25. The number of nitrogens with one attached hydrogen (secondary N) is 3. The van der Waals surface area contributed by atoms with E-state index in [0.717, 1.165) is 0 Å². The van der Waals surface area contributed by atoms with Gasteiger partial charge in [0.25, 0.3) is 0 Å². The van der Waals surface area contributed by atoms with E-state index in [2.05, 4.69) is 16.0 Å². The van der Waals surface area contributed by atoms with Gasteiger partial charge in [0, 0.05) is 10.7 Å². The van der Waals surface area contributed by atoms with Crippen LogP contribution in [0.1, 0.15) is 0 Å². The first-order chi connectivity index (χ1) is 12.4. The van der Waals surface area contributed by atoms with Crippen molar-refractivity contribution in [3.63, 3.8) is 0 Å². The second kappa shape index (κ2) is 9.07. The maximum absolute atomic E-state index is 11.9. The summed E-state index contributed by atoms with van der Waals surface area (Å²) in [6.45, 7) is -0.405. The number of carbonyl (C=O) groups is 3. The van der Waals surface area contributed by atoms with Crippen molar-refractivity contribution in [2.75, 3.05) is 24.3 Å². The summed E-state index contributed by atoms with van der Waals surface area (Å²) in [5.41, 5.74) is 0.724. The smallest absolute Gasteiger partial charge is 0.313 e. The van der Waals surface area contributed by atoms with Crippen LogP contribution in [0.3, 0.4) is 0 Å². The van der Waals surface area contributed by atoms with Crippen molar-refractivity contribution in [3.8, 4) is 5.75 Å². The van der Waals surface area contributed by atoms with Gasteiger partial charge in [-0.3, -0.25) is 14.4 Å². The molecule has 0 saturated carbocycles. The highest BCUT2D eigenvalue weighted by atomic mass is 35.5. The van der Waals surface area contributed by atoms with Crippen molar-refractivity contribution in [3.05, 3.63) is 52.5 Å². The standard InChI is InChI=1S/C17H15Cl2N3O4/c1-26-12-5-3-11(4-6-12)21-17(25)16(24)20-9-15(23)22-14-8-10(18)2-7-13(14)19/h2-8H,9H2,1H3,(H,20,24)(H,21,25)(H,22,23). The van der Waals surface area contributed by atoms with E-state index in [0.29, 0.717) is 27.2 Å². The van der Waals surface area contributed by atoms with Crippen LogP contribution >= 0.6 is 23.2 Å². The molecule has 0 atom stereocenters. The molecule has 26 heavy (non-hydrogen) atoms. The van der Waals surface area contributed by atoms with Crippen molar-refractivity contribution in [2.45, 2.75) is 0 Å². The molecule has 3 amide bonds. The summed E-state index contributed by atoms with van der Waals surface area (Å²) in [4.78, 5) is 35.4. The summed E-state index contributed by atoms with van der Waals surface area (Å²) in [5, 5.41) is 7.81. The minimum absolute atomic E-state index is 0.298. The fourth-order valence-corrected chi connectivity index (χ4v) is 2.23. The number of anilines is 2. The Hall–Kier alpha value is -2.77. The molecule has 3 N–H and O–H groups in total. The normalized spacial score (nSPS) is 9.96. The average molecular weight is 396 g/mol. The van der Waals surface area contributed by atoms with Gasteiger partial charge in [0.2, 0.25) is 5.91 Å². The average Bonchev–Trinajstić information content (AvgIpc) is 2.63. The topological polar surface area (TPSA) is 96.5 Å². The second-order valence-electron chi connectivity index (χ2n) is 5.04. The van der Waals surface area contributed by atoms with Crippen LogP contribution in [0.5, 0.6) is 5.75 Å². The molecule has 136 valence electrons. The molecular weight excluding hydrogens is 381 g/mol. The molecule has 2 aromatic rings. The number of benzene rings is 2. The first-order valence-corrected chi connectivity index (χ1v) is 8.13. The van der Waals surface area contributed by atoms with E-state index in [9.17, 15) is 14.4 Å². The van der Waals surface area contributed by atoms with Gasteiger partial charge in [-0.05, 0) is 42.5 Å². The van der Waals surface area contributed by atoms with E-state index in [1.165, 1.54) is 19.2 Å². The summed E-state index contributed by atoms with van der Waals surface area (Å²) in [5.74, 6) is -1.79. The Morgan fingerprint density at radius 3 is 2.31 bits per heavy atom. The number of hydrogen-bond donors (Lipinski definition) is 3. The lowest BCUT2D eigenvalue weighted by molar-refractivity contribution is -0.136. The molecule has 0 unspecified atom stereocenters. The molecule has 2 aromatic carbocycles. The molecule has 0 fully saturated rings. The van der Waals surface area contributed by atoms with E-state index in [4.69, 9.17) is 27.9 Å². The fourth-order valence-electron chi connectivity index (χ4n) is 1.89. The lowest BCUT2D eigenvalue weighted by Gasteiger charge is -2.09. The van der Waals surface area contributed by atoms with Crippen molar-refractivity contribution in [1.29, 1.82) is 0 Å². The van der Waals surface area contributed by atoms with Gasteiger partial charge in [-0.25, -0.2) is 0 Å². The monoisotopic (exact) mass is 395 g/mol. The third-order valence-corrected chi connectivity index (χ3v) is 3.73. The molecule has 0 saturated heterocycles. The van der Waals surface area contributed by atoms with Crippen LogP contribution in [0, 0.1) is 0 Å². The molecular formula is C17H15Cl2N3O4. The third-order valence-electron chi connectivity index (χ3n) is 3.17. The first-order valence-electron chi connectivity index (χ1n) is 7.37. The number of amides is 3. The zero-order chi connectivity index (χ0) is 19.1. The maximum atomic E-state index is 11.9. The summed E-state index contributed by atoms with van der Waals surface area (Å²) in [7, 11) is 1.52. The lowest BCUT2D eigenvalue weighted by Crippen LogP contribution is -2.39. The largest absolute Gasteiger partial charge is 0.497 e. The van der Waals surface area contributed by atoms with Crippen LogP contribution in [-0.4, -0.2) is 31.4 Å². The Balaban J connectivity index is 1.83. The Labute approximate surface area is 159 Å². The molecule has 0 bridgehead atoms. The number of halogens is 2. The molecule has 2 rings (SSSR count). The van der Waals surface area contributed by atoms with Crippen LogP contribution in [-0.2, 0) is 14.4 Å². The third kappa shape index (κ3) is 5.65.